The Hall–Kier alpha value is -2.61. The Morgan fingerprint density at radius 1 is 1.27 bits per heavy atom. The molecular formula is C21H25N3O2. The lowest BCUT2D eigenvalue weighted by Gasteiger charge is -2.22. The maximum Gasteiger partial charge on any atom is 0.263 e. The molecule has 136 valence electrons. The molecule has 26 heavy (non-hydrogen) atoms. The lowest BCUT2D eigenvalue weighted by atomic mass is 9.94. The van der Waals surface area contributed by atoms with Crippen LogP contribution in [0.5, 0.6) is 0 Å². The maximum absolute atomic E-state index is 13.0. The lowest BCUT2D eigenvalue weighted by Crippen LogP contribution is -2.37. The summed E-state index contributed by atoms with van der Waals surface area (Å²) >= 11 is 0. The minimum absolute atomic E-state index is 0.0629. The van der Waals surface area contributed by atoms with Gasteiger partial charge in [0.1, 0.15) is 11.6 Å². The van der Waals surface area contributed by atoms with E-state index < -0.39 is 5.91 Å². The third kappa shape index (κ3) is 3.50. The van der Waals surface area contributed by atoms with Crippen molar-refractivity contribution in [1.29, 1.82) is 5.26 Å². The van der Waals surface area contributed by atoms with Gasteiger partial charge in [0.15, 0.2) is 0 Å². The number of hydrogen-bond donors (Lipinski definition) is 1. The standard InChI is InChI=1S/C21H25N3O2/c1-2-3-13-24-18-12-8-7-11-16(18)19(21(24)26)17(14-22)20(25)23-15-9-5-4-6-10-15/h7-8,11-12,15H,2-6,9-10,13H2,1H3,(H,23,25). The molecule has 1 aliphatic heterocycles. The number of benzene rings is 1. The highest BCUT2D eigenvalue weighted by Crippen LogP contribution is 2.38. The van der Waals surface area contributed by atoms with Crippen molar-refractivity contribution in [2.45, 2.75) is 57.9 Å². The van der Waals surface area contributed by atoms with Crippen molar-refractivity contribution >= 4 is 23.1 Å². The summed E-state index contributed by atoms with van der Waals surface area (Å²) in [7, 11) is 0. The van der Waals surface area contributed by atoms with E-state index in [0.29, 0.717) is 12.1 Å². The van der Waals surface area contributed by atoms with Gasteiger partial charge in [-0.05, 0) is 25.3 Å². The summed E-state index contributed by atoms with van der Waals surface area (Å²) < 4.78 is 0. The maximum atomic E-state index is 13.0. The zero-order valence-corrected chi connectivity index (χ0v) is 15.3. The third-order valence-electron chi connectivity index (χ3n) is 5.19. The largest absolute Gasteiger partial charge is 0.349 e. The molecule has 0 saturated heterocycles. The summed E-state index contributed by atoms with van der Waals surface area (Å²) in [5, 5.41) is 12.6. The zero-order chi connectivity index (χ0) is 18.5. The molecule has 0 atom stereocenters. The predicted octanol–water partition coefficient (Wildman–Crippen LogP) is 3.56. The van der Waals surface area contributed by atoms with Crippen LogP contribution in [-0.2, 0) is 9.59 Å². The van der Waals surface area contributed by atoms with Gasteiger partial charge in [0.05, 0.1) is 11.3 Å². The highest BCUT2D eigenvalue weighted by molar-refractivity contribution is 6.37. The van der Waals surface area contributed by atoms with Gasteiger partial charge in [0.2, 0.25) is 0 Å². The molecule has 5 heteroatoms. The molecule has 5 nitrogen and oxygen atoms in total. The molecule has 0 spiro atoms. The molecule has 0 bridgehead atoms. The number of unbranched alkanes of at least 4 members (excludes halogenated alkanes) is 1. The first kappa shape index (κ1) is 18.2. The normalized spacial score (nSPS) is 19.1. The molecule has 0 unspecified atom stereocenters. The molecular weight excluding hydrogens is 326 g/mol. The van der Waals surface area contributed by atoms with Gasteiger partial charge in [-0.3, -0.25) is 9.59 Å². The van der Waals surface area contributed by atoms with E-state index in [1.165, 1.54) is 6.42 Å². The van der Waals surface area contributed by atoms with Gasteiger partial charge in [-0.1, -0.05) is 50.8 Å². The summed E-state index contributed by atoms with van der Waals surface area (Å²) in [6.07, 6.45) is 7.10. The van der Waals surface area contributed by atoms with Crippen LogP contribution in [0.25, 0.3) is 5.57 Å². The van der Waals surface area contributed by atoms with Gasteiger partial charge < -0.3 is 10.2 Å². The monoisotopic (exact) mass is 351 g/mol. The molecule has 1 fully saturated rings. The van der Waals surface area contributed by atoms with Gasteiger partial charge in [0, 0.05) is 18.2 Å². The molecule has 1 aliphatic carbocycles. The lowest BCUT2D eigenvalue weighted by molar-refractivity contribution is -0.118. The SMILES string of the molecule is CCCCN1C(=O)C(=C(C#N)C(=O)NC2CCCCC2)c2ccccc21. The topological polar surface area (TPSA) is 73.2 Å². The van der Waals surface area contributed by atoms with E-state index in [1.54, 1.807) is 4.90 Å². The van der Waals surface area contributed by atoms with Crippen LogP contribution in [0.15, 0.2) is 29.8 Å². The predicted molar refractivity (Wildman–Crippen MR) is 101 cm³/mol. The first-order valence-corrected chi connectivity index (χ1v) is 9.53. The van der Waals surface area contributed by atoms with Crippen LogP contribution in [0.3, 0.4) is 0 Å². The number of para-hydroxylation sites is 1. The fourth-order valence-electron chi connectivity index (χ4n) is 3.78. The van der Waals surface area contributed by atoms with Crippen molar-refractivity contribution in [1.82, 2.24) is 5.32 Å². The Balaban J connectivity index is 1.94. The van der Waals surface area contributed by atoms with Crippen molar-refractivity contribution in [3.63, 3.8) is 0 Å². The number of carbonyl (C=O) groups excluding carboxylic acids is 2. The molecule has 1 N–H and O–H groups in total. The van der Waals surface area contributed by atoms with E-state index >= 15 is 0 Å². The van der Waals surface area contributed by atoms with Crippen molar-refractivity contribution < 1.29 is 9.59 Å². The highest BCUT2D eigenvalue weighted by Gasteiger charge is 2.36. The van der Waals surface area contributed by atoms with E-state index in [-0.39, 0.29) is 23.1 Å². The Bertz CT molecular complexity index is 770. The zero-order valence-electron chi connectivity index (χ0n) is 15.3. The number of carbonyl (C=O) groups is 2. The molecule has 0 radical (unpaired) electrons. The van der Waals surface area contributed by atoms with Gasteiger partial charge in [0.25, 0.3) is 11.8 Å². The minimum atomic E-state index is -0.421. The summed E-state index contributed by atoms with van der Waals surface area (Å²) in [5.41, 5.74) is 1.66. The third-order valence-corrected chi connectivity index (χ3v) is 5.19. The van der Waals surface area contributed by atoms with Crippen LogP contribution < -0.4 is 10.2 Å². The van der Waals surface area contributed by atoms with Crippen molar-refractivity contribution in [3.05, 3.63) is 35.4 Å². The molecule has 1 saturated carbocycles. The molecule has 1 aromatic rings. The van der Waals surface area contributed by atoms with Crippen LogP contribution >= 0.6 is 0 Å². The summed E-state index contributed by atoms with van der Waals surface area (Å²) in [6.45, 7) is 2.67. The van der Waals surface area contributed by atoms with Crippen molar-refractivity contribution in [3.8, 4) is 6.07 Å². The average Bonchev–Trinajstić information content (AvgIpc) is 2.93. The number of nitrogens with one attached hydrogen (secondary N) is 1. The van der Waals surface area contributed by atoms with E-state index in [1.807, 2.05) is 30.3 Å². The summed E-state index contributed by atoms with van der Waals surface area (Å²) in [6, 6.07) is 9.51. The Morgan fingerprint density at radius 2 is 2.00 bits per heavy atom. The van der Waals surface area contributed by atoms with Crippen LogP contribution in [0.2, 0.25) is 0 Å². The van der Waals surface area contributed by atoms with Gasteiger partial charge in [-0.2, -0.15) is 5.26 Å². The second-order valence-corrected chi connectivity index (χ2v) is 7.00. The fraction of sp³-hybridized carbons (Fsp3) is 0.476. The van der Waals surface area contributed by atoms with Crippen LogP contribution in [0.4, 0.5) is 5.69 Å². The smallest absolute Gasteiger partial charge is 0.263 e. The molecule has 3 rings (SSSR count). The summed E-state index contributed by atoms with van der Waals surface area (Å²) in [5.74, 6) is -0.662. The van der Waals surface area contributed by atoms with Gasteiger partial charge in [-0.15, -0.1) is 0 Å². The molecule has 1 aromatic carbocycles. The number of fused-ring (bicyclic) bond motifs is 1. The Kier molecular flexibility index (Phi) is 5.72. The average molecular weight is 351 g/mol. The van der Waals surface area contributed by atoms with Crippen LogP contribution in [0, 0.1) is 11.3 Å². The van der Waals surface area contributed by atoms with E-state index in [0.717, 1.165) is 44.2 Å². The molecule has 0 aromatic heterocycles. The number of anilines is 1. The van der Waals surface area contributed by atoms with Gasteiger partial charge >= 0.3 is 0 Å². The second kappa shape index (κ2) is 8.18. The van der Waals surface area contributed by atoms with Crippen molar-refractivity contribution in [2.24, 2.45) is 0 Å². The van der Waals surface area contributed by atoms with Crippen LogP contribution in [0.1, 0.15) is 57.4 Å². The van der Waals surface area contributed by atoms with E-state index in [2.05, 4.69) is 12.2 Å². The van der Waals surface area contributed by atoms with Crippen LogP contribution in [-0.4, -0.2) is 24.4 Å². The Labute approximate surface area is 154 Å². The number of nitrogens with zero attached hydrogens (tertiary/aromatic N) is 2. The first-order chi connectivity index (χ1) is 12.7. The molecule has 1 heterocycles. The quantitative estimate of drug-likeness (QED) is 0.651. The summed E-state index contributed by atoms with van der Waals surface area (Å²) in [4.78, 5) is 27.4. The fourth-order valence-corrected chi connectivity index (χ4v) is 3.78. The van der Waals surface area contributed by atoms with Crippen molar-refractivity contribution in [2.75, 3.05) is 11.4 Å². The second-order valence-electron chi connectivity index (χ2n) is 7.00. The van der Waals surface area contributed by atoms with E-state index in [4.69, 9.17) is 0 Å². The number of hydrogen-bond acceptors (Lipinski definition) is 3. The minimum Gasteiger partial charge on any atom is -0.349 e. The van der Waals surface area contributed by atoms with E-state index in [9.17, 15) is 14.9 Å². The number of rotatable bonds is 5. The molecule has 2 aliphatic rings. The first-order valence-electron chi connectivity index (χ1n) is 9.53. The Morgan fingerprint density at radius 3 is 2.69 bits per heavy atom. The molecule has 2 amide bonds. The number of amides is 2. The highest BCUT2D eigenvalue weighted by atomic mass is 16.2. The number of nitriles is 1. The van der Waals surface area contributed by atoms with Gasteiger partial charge in [-0.25, -0.2) is 0 Å².